The van der Waals surface area contributed by atoms with Crippen LogP contribution in [0.5, 0.6) is 0 Å². The lowest BCUT2D eigenvalue weighted by molar-refractivity contribution is -0.0495. The molecular weight excluding hydrogens is 255 g/mol. The summed E-state index contributed by atoms with van der Waals surface area (Å²) in [4.78, 5) is 0. The van der Waals surface area contributed by atoms with Crippen LogP contribution in [0.15, 0.2) is 42.5 Å². The van der Waals surface area contributed by atoms with Crippen LogP contribution < -0.4 is 0 Å². The predicted octanol–water partition coefficient (Wildman–Crippen LogP) is 3.48. The number of fused-ring (bicyclic) bond motifs is 1. The Morgan fingerprint density at radius 2 is 2.05 bits per heavy atom. The van der Waals surface area contributed by atoms with E-state index in [2.05, 4.69) is 0 Å². The van der Waals surface area contributed by atoms with Gasteiger partial charge in [0, 0.05) is 5.56 Å². The largest absolute Gasteiger partial charge is 0.385 e. The Kier molecular flexibility index (Phi) is 3.55. The molecular formula is C17H17FO2. The second kappa shape index (κ2) is 5.35. The molecule has 1 aliphatic heterocycles. The number of rotatable bonds is 2. The molecule has 104 valence electrons. The molecule has 0 bridgehead atoms. The molecule has 20 heavy (non-hydrogen) atoms. The van der Waals surface area contributed by atoms with Crippen molar-refractivity contribution in [1.82, 2.24) is 0 Å². The van der Waals surface area contributed by atoms with Gasteiger partial charge in [0.05, 0.1) is 6.61 Å². The van der Waals surface area contributed by atoms with Crippen LogP contribution in [0.2, 0.25) is 0 Å². The van der Waals surface area contributed by atoms with E-state index in [0.29, 0.717) is 12.2 Å². The quantitative estimate of drug-likeness (QED) is 0.907. The Hall–Kier alpha value is -1.71. The number of ether oxygens (including phenoxy) is 1. The van der Waals surface area contributed by atoms with Gasteiger partial charge in [-0.1, -0.05) is 42.0 Å². The van der Waals surface area contributed by atoms with Gasteiger partial charge < -0.3 is 9.84 Å². The van der Waals surface area contributed by atoms with Crippen LogP contribution in [-0.4, -0.2) is 11.7 Å². The summed E-state index contributed by atoms with van der Waals surface area (Å²) in [6, 6.07) is 12.6. The van der Waals surface area contributed by atoms with Crippen LogP contribution in [0.25, 0.3) is 0 Å². The number of hydrogen-bond donors (Lipinski definition) is 1. The average Bonchev–Trinajstić information content (AvgIpc) is 2.48. The van der Waals surface area contributed by atoms with E-state index in [1.54, 1.807) is 12.1 Å². The lowest BCUT2D eigenvalue weighted by Gasteiger charge is -2.30. The summed E-state index contributed by atoms with van der Waals surface area (Å²) in [5.41, 5.74) is 3.33. The SMILES string of the molecule is Cc1ccc(F)c(C(O)C2OCCc3ccccc32)c1. The summed E-state index contributed by atoms with van der Waals surface area (Å²) in [5.74, 6) is -0.394. The molecule has 3 heteroatoms. The first-order valence-electron chi connectivity index (χ1n) is 6.80. The normalized spacial score (nSPS) is 19.4. The Morgan fingerprint density at radius 1 is 1.25 bits per heavy atom. The zero-order valence-electron chi connectivity index (χ0n) is 11.3. The summed E-state index contributed by atoms with van der Waals surface area (Å²) in [5, 5.41) is 10.5. The van der Waals surface area contributed by atoms with Crippen LogP contribution in [0.4, 0.5) is 4.39 Å². The Labute approximate surface area is 117 Å². The molecule has 0 radical (unpaired) electrons. The highest BCUT2D eigenvalue weighted by Gasteiger charge is 2.30. The number of hydrogen-bond acceptors (Lipinski definition) is 2. The van der Waals surface area contributed by atoms with Crippen LogP contribution in [-0.2, 0) is 11.2 Å². The molecule has 0 saturated heterocycles. The van der Waals surface area contributed by atoms with E-state index in [0.717, 1.165) is 23.1 Å². The molecule has 0 aliphatic carbocycles. The van der Waals surface area contributed by atoms with Crippen molar-refractivity contribution in [3.8, 4) is 0 Å². The van der Waals surface area contributed by atoms with Gasteiger partial charge in [0.2, 0.25) is 0 Å². The second-order valence-corrected chi connectivity index (χ2v) is 5.21. The minimum atomic E-state index is -0.989. The molecule has 1 aliphatic rings. The number of aliphatic hydroxyl groups is 1. The van der Waals surface area contributed by atoms with E-state index < -0.39 is 18.0 Å². The fourth-order valence-corrected chi connectivity index (χ4v) is 2.74. The standard InChI is InChI=1S/C17H17FO2/c1-11-6-7-15(18)14(10-11)16(19)17-13-5-3-2-4-12(13)8-9-20-17/h2-7,10,16-17,19H,8-9H2,1H3. The summed E-state index contributed by atoms with van der Waals surface area (Å²) in [6.45, 7) is 2.43. The smallest absolute Gasteiger partial charge is 0.129 e. The average molecular weight is 272 g/mol. The Balaban J connectivity index is 1.99. The minimum absolute atomic E-state index is 0.298. The molecule has 0 saturated carbocycles. The molecule has 3 rings (SSSR count). The third-order valence-electron chi connectivity index (χ3n) is 3.79. The maximum absolute atomic E-state index is 13.9. The van der Waals surface area contributed by atoms with Crippen molar-refractivity contribution in [3.05, 3.63) is 70.5 Å². The highest BCUT2D eigenvalue weighted by Crippen LogP contribution is 2.37. The molecule has 2 atom stereocenters. The summed E-state index contributed by atoms with van der Waals surface area (Å²) in [7, 11) is 0. The molecule has 1 heterocycles. The molecule has 2 aromatic carbocycles. The van der Waals surface area contributed by atoms with Crippen molar-refractivity contribution in [2.75, 3.05) is 6.61 Å². The molecule has 1 N–H and O–H groups in total. The molecule has 2 aromatic rings. The van der Waals surface area contributed by atoms with Gasteiger partial charge >= 0.3 is 0 Å². The molecule has 0 spiro atoms. The molecule has 0 aromatic heterocycles. The summed E-state index contributed by atoms with van der Waals surface area (Å²) >= 11 is 0. The van der Waals surface area contributed by atoms with Gasteiger partial charge in [0.25, 0.3) is 0 Å². The highest BCUT2D eigenvalue weighted by molar-refractivity contribution is 5.35. The fourth-order valence-electron chi connectivity index (χ4n) is 2.74. The van der Waals surface area contributed by atoms with Crippen LogP contribution in [0, 0.1) is 12.7 Å². The lowest BCUT2D eigenvalue weighted by atomic mass is 9.91. The van der Waals surface area contributed by atoms with Crippen molar-refractivity contribution in [3.63, 3.8) is 0 Å². The van der Waals surface area contributed by atoms with Crippen LogP contribution in [0.1, 0.15) is 34.5 Å². The number of aryl methyl sites for hydroxylation is 1. The van der Waals surface area contributed by atoms with Gasteiger partial charge in [-0.15, -0.1) is 0 Å². The van der Waals surface area contributed by atoms with E-state index >= 15 is 0 Å². The topological polar surface area (TPSA) is 29.5 Å². The van der Waals surface area contributed by atoms with Crippen molar-refractivity contribution in [1.29, 1.82) is 0 Å². The van der Waals surface area contributed by atoms with E-state index in [1.807, 2.05) is 31.2 Å². The van der Waals surface area contributed by atoms with E-state index in [4.69, 9.17) is 4.74 Å². The lowest BCUT2D eigenvalue weighted by Crippen LogP contribution is -2.22. The zero-order chi connectivity index (χ0) is 14.1. The van der Waals surface area contributed by atoms with E-state index in [1.165, 1.54) is 6.07 Å². The van der Waals surface area contributed by atoms with Crippen molar-refractivity contribution in [2.45, 2.75) is 25.6 Å². The molecule has 2 unspecified atom stereocenters. The van der Waals surface area contributed by atoms with E-state index in [9.17, 15) is 9.50 Å². The van der Waals surface area contributed by atoms with Gasteiger partial charge in [-0.2, -0.15) is 0 Å². The van der Waals surface area contributed by atoms with Gasteiger partial charge in [0.1, 0.15) is 18.0 Å². The fraction of sp³-hybridized carbons (Fsp3) is 0.294. The maximum atomic E-state index is 13.9. The first kappa shape index (κ1) is 13.3. The molecule has 2 nitrogen and oxygen atoms in total. The zero-order valence-corrected chi connectivity index (χ0v) is 11.3. The van der Waals surface area contributed by atoms with Gasteiger partial charge in [-0.25, -0.2) is 4.39 Å². The summed E-state index contributed by atoms with van der Waals surface area (Å²) in [6.07, 6.45) is -0.664. The number of aliphatic hydroxyl groups excluding tert-OH is 1. The third kappa shape index (κ3) is 2.35. The minimum Gasteiger partial charge on any atom is -0.385 e. The van der Waals surface area contributed by atoms with Crippen LogP contribution >= 0.6 is 0 Å². The van der Waals surface area contributed by atoms with Crippen LogP contribution in [0.3, 0.4) is 0 Å². The van der Waals surface area contributed by atoms with Gasteiger partial charge in [-0.05, 0) is 30.5 Å². The number of benzene rings is 2. The number of halogens is 1. The monoisotopic (exact) mass is 272 g/mol. The predicted molar refractivity (Wildman–Crippen MR) is 74.9 cm³/mol. The third-order valence-corrected chi connectivity index (χ3v) is 3.79. The summed E-state index contributed by atoms with van der Waals surface area (Å²) < 4.78 is 19.6. The van der Waals surface area contributed by atoms with Crippen molar-refractivity contribution in [2.24, 2.45) is 0 Å². The van der Waals surface area contributed by atoms with E-state index in [-0.39, 0.29) is 0 Å². The first-order chi connectivity index (χ1) is 9.66. The van der Waals surface area contributed by atoms with Crippen molar-refractivity contribution >= 4 is 0 Å². The van der Waals surface area contributed by atoms with Crippen molar-refractivity contribution < 1.29 is 14.2 Å². The second-order valence-electron chi connectivity index (χ2n) is 5.21. The Bertz CT molecular complexity index is 624. The highest BCUT2D eigenvalue weighted by atomic mass is 19.1. The Morgan fingerprint density at radius 3 is 2.90 bits per heavy atom. The molecule has 0 fully saturated rings. The maximum Gasteiger partial charge on any atom is 0.129 e. The first-order valence-corrected chi connectivity index (χ1v) is 6.80. The van der Waals surface area contributed by atoms with Gasteiger partial charge in [0.15, 0.2) is 0 Å². The van der Waals surface area contributed by atoms with Gasteiger partial charge in [-0.3, -0.25) is 0 Å². The molecule has 0 amide bonds.